The highest BCUT2D eigenvalue weighted by molar-refractivity contribution is 7.86. The third-order valence-corrected chi connectivity index (χ3v) is 5.09. The zero-order chi connectivity index (χ0) is 13.2. The van der Waals surface area contributed by atoms with Crippen LogP contribution in [0.4, 0.5) is 0 Å². The molecule has 0 unspecified atom stereocenters. The van der Waals surface area contributed by atoms with Gasteiger partial charge in [0.2, 0.25) is 0 Å². The molecule has 0 N–H and O–H groups in total. The summed E-state index contributed by atoms with van der Waals surface area (Å²) >= 11 is 0. The first-order valence-corrected chi connectivity index (χ1v) is 8.59. The quantitative estimate of drug-likeness (QED) is 0.585. The van der Waals surface area contributed by atoms with Crippen LogP contribution in [0.25, 0.3) is 0 Å². The lowest BCUT2D eigenvalue weighted by molar-refractivity contribution is -0.117. The van der Waals surface area contributed by atoms with Crippen LogP contribution in [0.2, 0.25) is 0 Å². The number of carbonyl (C=O) groups is 1. The normalized spacial score (nSPS) is 32.3. The summed E-state index contributed by atoms with van der Waals surface area (Å²) in [6, 6.07) is 0. The molecule has 2 rings (SSSR count). The van der Waals surface area contributed by atoms with E-state index >= 15 is 0 Å². The molecule has 18 heavy (non-hydrogen) atoms. The molecule has 0 radical (unpaired) electrons. The van der Waals surface area contributed by atoms with Gasteiger partial charge >= 0.3 is 0 Å². The van der Waals surface area contributed by atoms with E-state index in [0.717, 1.165) is 25.4 Å². The molecule has 104 valence electrons. The summed E-state index contributed by atoms with van der Waals surface area (Å²) in [6.07, 6.45) is 10.1. The van der Waals surface area contributed by atoms with E-state index in [1.807, 2.05) is 0 Å². The second-order valence-electron chi connectivity index (χ2n) is 5.94. The van der Waals surface area contributed by atoms with Crippen molar-refractivity contribution in [2.75, 3.05) is 6.26 Å². The van der Waals surface area contributed by atoms with Gasteiger partial charge in [0.05, 0.1) is 12.4 Å². The predicted molar refractivity (Wildman–Crippen MR) is 68.6 cm³/mol. The van der Waals surface area contributed by atoms with E-state index in [9.17, 15) is 13.2 Å². The van der Waals surface area contributed by atoms with Crippen molar-refractivity contribution < 1.29 is 17.4 Å². The molecular formula is C13H22O4S. The second-order valence-corrected chi connectivity index (χ2v) is 7.54. The standard InChI is InChI=1S/C13H22O4S/c1-18(15,16)17-12-5-8-13(9-11(12)10-14)6-3-2-4-7-13/h10-12H,2-9H2,1H3/t11-,12-/m1/s1. The molecule has 2 saturated carbocycles. The van der Waals surface area contributed by atoms with Crippen LogP contribution in [0.3, 0.4) is 0 Å². The molecule has 0 aromatic heterocycles. The number of hydrogen-bond donors (Lipinski definition) is 0. The Labute approximate surface area is 109 Å². The smallest absolute Gasteiger partial charge is 0.264 e. The third-order valence-electron chi connectivity index (χ3n) is 4.49. The summed E-state index contributed by atoms with van der Waals surface area (Å²) in [5.41, 5.74) is 0.279. The van der Waals surface area contributed by atoms with Crippen LogP contribution in [0, 0.1) is 11.3 Å². The molecule has 2 fully saturated rings. The highest BCUT2D eigenvalue weighted by Gasteiger charge is 2.42. The first-order chi connectivity index (χ1) is 8.44. The fourth-order valence-corrected chi connectivity index (χ4v) is 4.32. The third kappa shape index (κ3) is 3.32. The van der Waals surface area contributed by atoms with Crippen molar-refractivity contribution in [1.29, 1.82) is 0 Å². The Morgan fingerprint density at radius 1 is 1.17 bits per heavy atom. The summed E-state index contributed by atoms with van der Waals surface area (Å²) in [5, 5.41) is 0. The summed E-state index contributed by atoms with van der Waals surface area (Å²) in [5.74, 6) is -0.258. The number of carbonyl (C=O) groups excluding carboxylic acids is 1. The largest absolute Gasteiger partial charge is 0.303 e. The zero-order valence-corrected chi connectivity index (χ0v) is 11.7. The summed E-state index contributed by atoms with van der Waals surface area (Å²) in [4.78, 5) is 11.2. The van der Waals surface area contributed by atoms with Crippen molar-refractivity contribution in [2.24, 2.45) is 11.3 Å². The lowest BCUT2D eigenvalue weighted by Gasteiger charge is -2.45. The van der Waals surface area contributed by atoms with Gasteiger partial charge in [-0.2, -0.15) is 8.42 Å². The maximum atomic E-state index is 11.2. The zero-order valence-electron chi connectivity index (χ0n) is 10.9. The van der Waals surface area contributed by atoms with Crippen LogP contribution in [-0.4, -0.2) is 27.1 Å². The van der Waals surface area contributed by atoms with Gasteiger partial charge in [0.15, 0.2) is 0 Å². The summed E-state index contributed by atoms with van der Waals surface area (Å²) < 4.78 is 27.4. The van der Waals surface area contributed by atoms with Crippen molar-refractivity contribution in [3.8, 4) is 0 Å². The molecule has 4 nitrogen and oxygen atoms in total. The van der Waals surface area contributed by atoms with E-state index in [-0.39, 0.29) is 11.3 Å². The first kappa shape index (κ1) is 14.0. The highest BCUT2D eigenvalue weighted by atomic mass is 32.2. The van der Waals surface area contributed by atoms with Crippen LogP contribution in [-0.2, 0) is 19.1 Å². The fourth-order valence-electron chi connectivity index (χ4n) is 3.63. The molecule has 0 amide bonds. The lowest BCUT2D eigenvalue weighted by Crippen LogP contribution is -2.40. The van der Waals surface area contributed by atoms with Crippen molar-refractivity contribution in [2.45, 2.75) is 57.5 Å². The minimum absolute atomic E-state index is 0.258. The molecule has 0 aromatic rings. The predicted octanol–water partition coefficient (Wildman–Crippen LogP) is 2.28. The van der Waals surface area contributed by atoms with Crippen LogP contribution in [0.15, 0.2) is 0 Å². The van der Waals surface area contributed by atoms with E-state index in [1.54, 1.807) is 0 Å². The van der Waals surface area contributed by atoms with Crippen LogP contribution in [0.1, 0.15) is 51.4 Å². The summed E-state index contributed by atoms with van der Waals surface area (Å²) in [7, 11) is -3.47. The molecule has 2 aliphatic rings. The molecule has 0 saturated heterocycles. The number of aldehydes is 1. The lowest BCUT2D eigenvalue weighted by atomic mass is 9.62. The molecule has 2 aliphatic carbocycles. The summed E-state index contributed by atoms with van der Waals surface area (Å²) in [6.45, 7) is 0. The molecule has 0 aliphatic heterocycles. The van der Waals surface area contributed by atoms with Crippen molar-refractivity contribution in [3.63, 3.8) is 0 Å². The Morgan fingerprint density at radius 3 is 2.39 bits per heavy atom. The molecule has 1 spiro atoms. The van der Waals surface area contributed by atoms with Gasteiger partial charge in [-0.25, -0.2) is 0 Å². The van der Waals surface area contributed by atoms with Gasteiger partial charge in [-0.1, -0.05) is 19.3 Å². The molecule has 5 heteroatoms. The van der Waals surface area contributed by atoms with Gasteiger partial charge in [-0.05, 0) is 37.5 Å². The van der Waals surface area contributed by atoms with E-state index in [4.69, 9.17) is 4.18 Å². The average molecular weight is 274 g/mol. The van der Waals surface area contributed by atoms with Crippen molar-refractivity contribution in [3.05, 3.63) is 0 Å². The van der Waals surface area contributed by atoms with Gasteiger partial charge in [0.25, 0.3) is 10.1 Å². The SMILES string of the molecule is CS(=O)(=O)O[C@@H]1CCC2(CCCCC2)C[C@@H]1C=O. The minimum Gasteiger partial charge on any atom is -0.303 e. The Kier molecular flexibility index (Phi) is 4.11. The van der Waals surface area contributed by atoms with E-state index in [2.05, 4.69) is 0 Å². The van der Waals surface area contributed by atoms with Gasteiger partial charge in [-0.15, -0.1) is 0 Å². The van der Waals surface area contributed by atoms with Crippen molar-refractivity contribution >= 4 is 16.4 Å². The van der Waals surface area contributed by atoms with Crippen LogP contribution < -0.4 is 0 Å². The number of rotatable bonds is 3. The Hall–Kier alpha value is -0.420. The second kappa shape index (κ2) is 5.29. The van der Waals surface area contributed by atoms with Crippen molar-refractivity contribution in [1.82, 2.24) is 0 Å². The average Bonchev–Trinajstić information content (AvgIpc) is 2.31. The van der Waals surface area contributed by atoms with Gasteiger partial charge < -0.3 is 4.79 Å². The van der Waals surface area contributed by atoms with Gasteiger partial charge in [-0.3, -0.25) is 4.18 Å². The maximum absolute atomic E-state index is 11.2. The van der Waals surface area contributed by atoms with Gasteiger partial charge in [0.1, 0.15) is 6.29 Å². The monoisotopic (exact) mass is 274 g/mol. The topological polar surface area (TPSA) is 60.4 Å². The van der Waals surface area contributed by atoms with E-state index < -0.39 is 16.2 Å². The van der Waals surface area contributed by atoms with E-state index in [0.29, 0.717) is 6.42 Å². The molecule has 0 aromatic carbocycles. The molecule has 0 heterocycles. The Balaban J connectivity index is 2.05. The fraction of sp³-hybridized carbons (Fsp3) is 0.923. The van der Waals surface area contributed by atoms with Crippen LogP contribution in [0.5, 0.6) is 0 Å². The molecule has 2 atom stereocenters. The Morgan fingerprint density at radius 2 is 1.83 bits per heavy atom. The van der Waals surface area contributed by atoms with Gasteiger partial charge in [0, 0.05) is 5.92 Å². The maximum Gasteiger partial charge on any atom is 0.264 e. The molecular weight excluding hydrogens is 252 g/mol. The minimum atomic E-state index is -3.47. The molecule has 0 bridgehead atoms. The van der Waals surface area contributed by atoms with E-state index in [1.165, 1.54) is 32.1 Å². The first-order valence-electron chi connectivity index (χ1n) is 6.78. The van der Waals surface area contributed by atoms with Crippen LogP contribution >= 0.6 is 0 Å². The Bertz CT molecular complexity index is 395. The highest BCUT2D eigenvalue weighted by Crippen LogP contribution is 2.49. The number of hydrogen-bond acceptors (Lipinski definition) is 4.